The summed E-state index contributed by atoms with van der Waals surface area (Å²) in [6.45, 7) is 2.55. The van der Waals surface area contributed by atoms with Gasteiger partial charge in [0.1, 0.15) is 4.88 Å². The number of hydrogen-bond acceptors (Lipinski definition) is 3. The third kappa shape index (κ3) is 3.56. The molecule has 1 heterocycles. The highest BCUT2D eigenvalue weighted by molar-refractivity contribution is 7.12. The molecule has 19 heavy (non-hydrogen) atoms. The number of thiophene rings is 1. The van der Waals surface area contributed by atoms with Gasteiger partial charge in [0.25, 0.3) is 0 Å². The maximum atomic E-state index is 11.0. The van der Waals surface area contributed by atoms with Gasteiger partial charge < -0.3 is 10.4 Å². The van der Waals surface area contributed by atoms with E-state index < -0.39 is 5.97 Å². The minimum absolute atomic E-state index is 0.111. The van der Waals surface area contributed by atoms with Crippen molar-refractivity contribution in [3.05, 3.63) is 56.7 Å². The van der Waals surface area contributed by atoms with Gasteiger partial charge in [-0.2, -0.15) is 0 Å². The summed E-state index contributed by atoms with van der Waals surface area (Å²) >= 11 is 7.20. The van der Waals surface area contributed by atoms with Crippen molar-refractivity contribution in [1.29, 1.82) is 0 Å². The SMILES string of the molecule is CC(NCc1ccsc1C(=O)O)c1cccc(Cl)c1. The van der Waals surface area contributed by atoms with Gasteiger partial charge in [0.05, 0.1) is 0 Å². The molecule has 1 aromatic carbocycles. The first-order valence-electron chi connectivity index (χ1n) is 5.86. The number of carboxylic acids is 1. The molecule has 2 aromatic rings. The Labute approximate surface area is 120 Å². The largest absolute Gasteiger partial charge is 0.477 e. The Balaban J connectivity index is 2.02. The minimum atomic E-state index is -0.873. The molecule has 0 amide bonds. The molecule has 0 spiro atoms. The van der Waals surface area contributed by atoms with Crippen LogP contribution in [0.3, 0.4) is 0 Å². The van der Waals surface area contributed by atoms with E-state index in [2.05, 4.69) is 5.32 Å². The summed E-state index contributed by atoms with van der Waals surface area (Å²) in [5.41, 5.74) is 1.89. The van der Waals surface area contributed by atoms with Gasteiger partial charge in [0.15, 0.2) is 0 Å². The van der Waals surface area contributed by atoms with E-state index in [4.69, 9.17) is 16.7 Å². The highest BCUT2D eigenvalue weighted by Crippen LogP contribution is 2.20. The Morgan fingerprint density at radius 2 is 2.26 bits per heavy atom. The van der Waals surface area contributed by atoms with Crippen molar-refractivity contribution in [1.82, 2.24) is 5.32 Å². The fraction of sp³-hybridized carbons (Fsp3) is 0.214. The monoisotopic (exact) mass is 295 g/mol. The third-order valence-electron chi connectivity index (χ3n) is 2.89. The molecule has 0 radical (unpaired) electrons. The number of benzene rings is 1. The number of aromatic carboxylic acids is 1. The topological polar surface area (TPSA) is 49.3 Å². The molecule has 5 heteroatoms. The standard InChI is InChI=1S/C14H14ClNO2S/c1-9(10-3-2-4-12(15)7-10)16-8-11-5-6-19-13(11)14(17)18/h2-7,9,16H,8H2,1H3,(H,17,18). The van der Waals surface area contributed by atoms with Crippen LogP contribution in [-0.4, -0.2) is 11.1 Å². The van der Waals surface area contributed by atoms with Gasteiger partial charge >= 0.3 is 5.97 Å². The molecule has 3 nitrogen and oxygen atoms in total. The summed E-state index contributed by atoms with van der Waals surface area (Å²) in [5.74, 6) is -0.873. The van der Waals surface area contributed by atoms with Crippen LogP contribution in [0.15, 0.2) is 35.7 Å². The average Bonchev–Trinajstić information content (AvgIpc) is 2.84. The van der Waals surface area contributed by atoms with Gasteiger partial charge in [-0.25, -0.2) is 4.79 Å². The molecular formula is C14H14ClNO2S. The number of nitrogens with one attached hydrogen (secondary N) is 1. The Morgan fingerprint density at radius 1 is 1.47 bits per heavy atom. The zero-order valence-electron chi connectivity index (χ0n) is 10.4. The van der Waals surface area contributed by atoms with Crippen LogP contribution in [0.1, 0.15) is 33.8 Å². The van der Waals surface area contributed by atoms with E-state index in [-0.39, 0.29) is 6.04 Å². The molecule has 1 unspecified atom stereocenters. The lowest BCUT2D eigenvalue weighted by Crippen LogP contribution is -2.18. The first kappa shape index (κ1) is 14.1. The van der Waals surface area contributed by atoms with Gasteiger partial charge in [-0.05, 0) is 41.6 Å². The van der Waals surface area contributed by atoms with Gasteiger partial charge in [0, 0.05) is 17.6 Å². The van der Waals surface area contributed by atoms with Crippen LogP contribution in [0.25, 0.3) is 0 Å². The van der Waals surface area contributed by atoms with Crippen molar-refractivity contribution in [2.45, 2.75) is 19.5 Å². The van der Waals surface area contributed by atoms with E-state index in [1.807, 2.05) is 37.3 Å². The molecule has 0 aliphatic rings. The van der Waals surface area contributed by atoms with Gasteiger partial charge in [-0.3, -0.25) is 0 Å². The Morgan fingerprint density at radius 3 is 2.95 bits per heavy atom. The number of hydrogen-bond donors (Lipinski definition) is 2. The lowest BCUT2D eigenvalue weighted by atomic mass is 10.1. The van der Waals surface area contributed by atoms with Crippen molar-refractivity contribution in [2.24, 2.45) is 0 Å². The molecular weight excluding hydrogens is 282 g/mol. The molecule has 0 aliphatic carbocycles. The summed E-state index contributed by atoms with van der Waals surface area (Å²) in [7, 11) is 0. The number of rotatable bonds is 5. The van der Waals surface area contributed by atoms with Crippen LogP contribution < -0.4 is 5.32 Å². The van der Waals surface area contributed by atoms with E-state index in [0.717, 1.165) is 11.1 Å². The lowest BCUT2D eigenvalue weighted by Gasteiger charge is -2.14. The summed E-state index contributed by atoms with van der Waals surface area (Å²) < 4.78 is 0. The molecule has 0 fully saturated rings. The molecule has 2 N–H and O–H groups in total. The van der Waals surface area contributed by atoms with E-state index in [1.165, 1.54) is 11.3 Å². The van der Waals surface area contributed by atoms with Crippen LogP contribution >= 0.6 is 22.9 Å². The normalized spacial score (nSPS) is 12.3. The third-order valence-corrected chi connectivity index (χ3v) is 4.07. The Kier molecular flexibility index (Phi) is 4.58. The number of carboxylic acid groups (broad SMARTS) is 1. The van der Waals surface area contributed by atoms with Crippen molar-refractivity contribution in [3.8, 4) is 0 Å². The second-order valence-corrected chi connectivity index (χ2v) is 5.59. The molecule has 100 valence electrons. The predicted octanol–water partition coefficient (Wildman–Crippen LogP) is 3.95. The first-order valence-corrected chi connectivity index (χ1v) is 7.12. The molecule has 0 saturated carbocycles. The van der Waals surface area contributed by atoms with E-state index in [1.54, 1.807) is 5.38 Å². The van der Waals surface area contributed by atoms with Crippen LogP contribution in [0.2, 0.25) is 5.02 Å². The van der Waals surface area contributed by atoms with Crippen LogP contribution in [0.4, 0.5) is 0 Å². The molecule has 1 aromatic heterocycles. The molecule has 0 saturated heterocycles. The van der Waals surface area contributed by atoms with Gasteiger partial charge in [-0.1, -0.05) is 23.7 Å². The molecule has 0 bridgehead atoms. The highest BCUT2D eigenvalue weighted by atomic mass is 35.5. The summed E-state index contributed by atoms with van der Waals surface area (Å²) in [6.07, 6.45) is 0. The molecule has 2 rings (SSSR count). The molecule has 1 atom stereocenters. The second-order valence-electron chi connectivity index (χ2n) is 4.24. The maximum absolute atomic E-state index is 11.0. The van der Waals surface area contributed by atoms with Gasteiger partial charge in [0.2, 0.25) is 0 Å². The van der Waals surface area contributed by atoms with Crippen LogP contribution in [0, 0.1) is 0 Å². The van der Waals surface area contributed by atoms with Crippen molar-refractivity contribution >= 4 is 28.9 Å². The van der Waals surface area contributed by atoms with Crippen LogP contribution in [0.5, 0.6) is 0 Å². The summed E-state index contributed by atoms with van der Waals surface area (Å²) in [6, 6.07) is 9.59. The first-order chi connectivity index (χ1) is 9.08. The lowest BCUT2D eigenvalue weighted by molar-refractivity contribution is 0.0701. The predicted molar refractivity (Wildman–Crippen MR) is 78.0 cm³/mol. The maximum Gasteiger partial charge on any atom is 0.346 e. The van der Waals surface area contributed by atoms with Crippen LogP contribution in [-0.2, 0) is 6.54 Å². The van der Waals surface area contributed by atoms with E-state index in [9.17, 15) is 4.79 Å². The summed E-state index contributed by atoms with van der Waals surface area (Å²) in [4.78, 5) is 11.4. The minimum Gasteiger partial charge on any atom is -0.477 e. The molecule has 0 aliphatic heterocycles. The smallest absolute Gasteiger partial charge is 0.346 e. The Hall–Kier alpha value is -1.36. The zero-order chi connectivity index (χ0) is 13.8. The van der Waals surface area contributed by atoms with Crippen molar-refractivity contribution in [2.75, 3.05) is 0 Å². The van der Waals surface area contributed by atoms with Crippen molar-refractivity contribution in [3.63, 3.8) is 0 Å². The fourth-order valence-electron chi connectivity index (χ4n) is 1.82. The number of halogens is 1. The Bertz CT molecular complexity index is 582. The van der Waals surface area contributed by atoms with Crippen molar-refractivity contribution < 1.29 is 9.90 Å². The quantitative estimate of drug-likeness (QED) is 0.878. The average molecular weight is 296 g/mol. The number of carbonyl (C=O) groups is 1. The second kappa shape index (κ2) is 6.19. The summed E-state index contributed by atoms with van der Waals surface area (Å²) in [5, 5.41) is 14.8. The van der Waals surface area contributed by atoms with Gasteiger partial charge in [-0.15, -0.1) is 11.3 Å². The van der Waals surface area contributed by atoms with E-state index in [0.29, 0.717) is 16.4 Å². The highest BCUT2D eigenvalue weighted by Gasteiger charge is 2.12. The zero-order valence-corrected chi connectivity index (χ0v) is 12.0. The fourth-order valence-corrected chi connectivity index (χ4v) is 2.78. The van der Waals surface area contributed by atoms with E-state index >= 15 is 0 Å².